The lowest BCUT2D eigenvalue weighted by Gasteiger charge is -2.28. The van der Waals surface area contributed by atoms with E-state index in [0.29, 0.717) is 17.4 Å². The summed E-state index contributed by atoms with van der Waals surface area (Å²) in [5, 5.41) is 4.56. The molecule has 3 aromatic rings. The zero-order chi connectivity index (χ0) is 17.2. The molecular weight excluding hydrogens is 334 g/mol. The molecule has 1 aromatic heterocycles. The van der Waals surface area contributed by atoms with Crippen molar-refractivity contribution in [2.24, 2.45) is 0 Å². The van der Waals surface area contributed by atoms with Gasteiger partial charge in [0.1, 0.15) is 5.75 Å². The van der Waals surface area contributed by atoms with Gasteiger partial charge in [0.2, 0.25) is 0 Å². The van der Waals surface area contributed by atoms with E-state index in [9.17, 15) is 0 Å². The predicted octanol–water partition coefficient (Wildman–Crippen LogP) is 3.90. The van der Waals surface area contributed by atoms with Gasteiger partial charge in [-0.3, -0.25) is 4.90 Å². The van der Waals surface area contributed by atoms with Gasteiger partial charge in [0, 0.05) is 13.1 Å². The van der Waals surface area contributed by atoms with Crippen molar-refractivity contribution >= 4 is 12.2 Å². The van der Waals surface area contributed by atoms with Crippen molar-refractivity contribution in [2.45, 2.75) is 19.6 Å². The Balaban J connectivity index is 1.57. The lowest BCUT2D eigenvalue weighted by atomic mass is 10.0. The molecule has 0 saturated carbocycles. The van der Waals surface area contributed by atoms with E-state index in [1.54, 1.807) is 11.8 Å². The van der Waals surface area contributed by atoms with E-state index in [1.807, 2.05) is 24.3 Å². The fourth-order valence-corrected chi connectivity index (χ4v) is 3.37. The van der Waals surface area contributed by atoms with Crippen LogP contribution in [0.2, 0.25) is 0 Å². The van der Waals surface area contributed by atoms with Crippen LogP contribution in [0.25, 0.3) is 11.5 Å². The number of rotatable bonds is 4. The predicted molar refractivity (Wildman–Crippen MR) is 97.9 cm³/mol. The van der Waals surface area contributed by atoms with Crippen LogP contribution < -0.4 is 4.74 Å². The van der Waals surface area contributed by atoms with Crippen LogP contribution in [0.5, 0.6) is 5.75 Å². The number of hydrogen-bond acceptors (Lipinski definition) is 5. The van der Waals surface area contributed by atoms with Crippen molar-refractivity contribution in [3.63, 3.8) is 0 Å². The maximum absolute atomic E-state index is 5.71. The van der Waals surface area contributed by atoms with Crippen molar-refractivity contribution < 1.29 is 9.15 Å². The number of aromatic nitrogens is 2. The summed E-state index contributed by atoms with van der Waals surface area (Å²) >= 11 is 5.36. The van der Waals surface area contributed by atoms with Crippen LogP contribution in [0.15, 0.2) is 52.9 Å². The molecule has 0 amide bonds. The lowest BCUT2D eigenvalue weighted by Crippen LogP contribution is -2.32. The van der Waals surface area contributed by atoms with Gasteiger partial charge in [0.15, 0.2) is 0 Å². The first-order chi connectivity index (χ1) is 12.2. The molecule has 0 bridgehead atoms. The topological polar surface area (TPSA) is 43.4 Å². The van der Waals surface area contributed by atoms with Gasteiger partial charge in [-0.1, -0.05) is 36.4 Å². The van der Waals surface area contributed by atoms with Gasteiger partial charge in [0.05, 0.1) is 19.3 Å². The second kappa shape index (κ2) is 6.82. The second-order valence-electron chi connectivity index (χ2n) is 6.09. The molecule has 4 rings (SSSR count). The lowest BCUT2D eigenvalue weighted by molar-refractivity contribution is 0.186. The van der Waals surface area contributed by atoms with Gasteiger partial charge in [-0.2, -0.15) is 0 Å². The van der Waals surface area contributed by atoms with E-state index in [4.69, 9.17) is 21.4 Å². The molecule has 0 aliphatic carbocycles. The number of hydrogen-bond donors (Lipinski definition) is 0. The first-order valence-electron chi connectivity index (χ1n) is 8.25. The molecular formula is C19H19N3O2S. The summed E-state index contributed by atoms with van der Waals surface area (Å²) in [6.45, 7) is 2.50. The van der Waals surface area contributed by atoms with Crippen LogP contribution in [0.1, 0.15) is 11.1 Å². The van der Waals surface area contributed by atoms with Gasteiger partial charge in [-0.25, -0.2) is 4.68 Å². The van der Waals surface area contributed by atoms with Crippen LogP contribution >= 0.6 is 12.2 Å². The van der Waals surface area contributed by atoms with E-state index in [-0.39, 0.29) is 0 Å². The van der Waals surface area contributed by atoms with Crippen molar-refractivity contribution in [1.29, 1.82) is 0 Å². The average molecular weight is 353 g/mol. The third kappa shape index (κ3) is 3.23. The van der Waals surface area contributed by atoms with Crippen molar-refractivity contribution in [1.82, 2.24) is 14.7 Å². The van der Waals surface area contributed by atoms with Crippen LogP contribution in [0, 0.1) is 4.84 Å². The van der Waals surface area contributed by atoms with Gasteiger partial charge >= 0.3 is 0 Å². The molecule has 1 aliphatic rings. The summed E-state index contributed by atoms with van der Waals surface area (Å²) < 4.78 is 12.8. The number of methoxy groups -OCH3 is 1. The Kier molecular flexibility index (Phi) is 4.38. The van der Waals surface area contributed by atoms with E-state index in [0.717, 1.165) is 30.8 Å². The van der Waals surface area contributed by atoms with Crippen LogP contribution in [-0.2, 0) is 19.6 Å². The fraction of sp³-hybridized carbons (Fsp3) is 0.263. The summed E-state index contributed by atoms with van der Waals surface area (Å²) in [6.07, 6.45) is 1.04. The minimum atomic E-state index is 0.375. The van der Waals surface area contributed by atoms with Gasteiger partial charge in [-0.05, 0) is 41.9 Å². The number of benzene rings is 2. The average Bonchev–Trinajstić information content (AvgIpc) is 3.02. The van der Waals surface area contributed by atoms with Gasteiger partial charge < -0.3 is 9.15 Å². The zero-order valence-corrected chi connectivity index (χ0v) is 14.8. The highest BCUT2D eigenvalue weighted by Crippen LogP contribution is 2.28. The maximum atomic E-state index is 5.71. The third-order valence-corrected chi connectivity index (χ3v) is 4.78. The van der Waals surface area contributed by atoms with E-state index in [1.165, 1.54) is 11.1 Å². The Morgan fingerprint density at radius 1 is 1.12 bits per heavy atom. The smallest absolute Gasteiger partial charge is 0.288 e. The summed E-state index contributed by atoms with van der Waals surface area (Å²) in [6, 6.07) is 16.2. The highest BCUT2D eigenvalue weighted by Gasteiger charge is 2.18. The normalized spacial score (nSPS) is 14.3. The first-order valence-corrected chi connectivity index (χ1v) is 8.66. The maximum Gasteiger partial charge on any atom is 0.288 e. The monoisotopic (exact) mass is 353 g/mol. The number of fused-ring (bicyclic) bond motifs is 1. The standard InChI is InChI=1S/C19H19N3O2S/c1-23-17-9-5-4-8-16(17)18-20-22(19(25)24-18)13-21-11-10-14-6-2-3-7-15(14)12-21/h2-9H,10-13H2,1H3. The van der Waals surface area contributed by atoms with Gasteiger partial charge in [0.25, 0.3) is 10.7 Å². The fourth-order valence-electron chi connectivity index (χ4n) is 3.19. The minimum Gasteiger partial charge on any atom is -0.496 e. The SMILES string of the molecule is COc1ccccc1-c1nn(CN2CCc3ccccc3C2)c(=S)o1. The molecule has 1 aliphatic heterocycles. The zero-order valence-electron chi connectivity index (χ0n) is 14.0. The Labute approximate surface area is 151 Å². The molecule has 0 radical (unpaired) electrons. The quantitative estimate of drug-likeness (QED) is 0.666. The number of para-hydroxylation sites is 1. The number of ether oxygens (including phenoxy) is 1. The molecule has 25 heavy (non-hydrogen) atoms. The molecule has 6 heteroatoms. The first kappa shape index (κ1) is 16.1. The van der Waals surface area contributed by atoms with Crippen molar-refractivity contribution in [2.75, 3.05) is 13.7 Å². The molecule has 5 nitrogen and oxygen atoms in total. The Morgan fingerprint density at radius 3 is 2.72 bits per heavy atom. The molecule has 0 atom stereocenters. The summed E-state index contributed by atoms with van der Waals surface area (Å²) in [4.78, 5) is 2.70. The molecule has 0 spiro atoms. The van der Waals surface area contributed by atoms with E-state index in [2.05, 4.69) is 34.3 Å². The number of nitrogens with zero attached hydrogens (tertiary/aromatic N) is 3. The summed E-state index contributed by atoms with van der Waals surface area (Å²) in [7, 11) is 1.63. The van der Waals surface area contributed by atoms with Gasteiger partial charge in [-0.15, -0.1) is 5.10 Å². The molecule has 0 unspecified atom stereocenters. The van der Waals surface area contributed by atoms with Crippen LogP contribution in [0.3, 0.4) is 0 Å². The van der Waals surface area contributed by atoms with Crippen LogP contribution in [0.4, 0.5) is 0 Å². The molecule has 2 aromatic carbocycles. The Morgan fingerprint density at radius 2 is 1.88 bits per heavy atom. The largest absolute Gasteiger partial charge is 0.496 e. The third-order valence-electron chi connectivity index (χ3n) is 4.49. The highest BCUT2D eigenvalue weighted by molar-refractivity contribution is 7.71. The summed E-state index contributed by atoms with van der Waals surface area (Å²) in [5.41, 5.74) is 3.60. The van der Waals surface area contributed by atoms with Crippen LogP contribution in [-0.4, -0.2) is 28.3 Å². The highest BCUT2D eigenvalue weighted by atomic mass is 32.1. The van der Waals surface area contributed by atoms with E-state index >= 15 is 0 Å². The minimum absolute atomic E-state index is 0.375. The molecule has 0 saturated heterocycles. The molecule has 0 N–H and O–H groups in total. The Bertz CT molecular complexity index is 948. The molecule has 2 heterocycles. The van der Waals surface area contributed by atoms with E-state index < -0.39 is 0 Å². The Hall–Kier alpha value is -2.44. The van der Waals surface area contributed by atoms with Crippen molar-refractivity contribution in [3.05, 3.63) is 64.5 Å². The molecule has 0 fully saturated rings. The second-order valence-corrected chi connectivity index (χ2v) is 6.43. The summed E-state index contributed by atoms with van der Waals surface area (Å²) in [5.74, 6) is 1.21. The molecule has 128 valence electrons. The van der Waals surface area contributed by atoms with Crippen molar-refractivity contribution in [3.8, 4) is 17.2 Å².